The molecule has 4 rings (SSSR count). The van der Waals surface area contributed by atoms with E-state index in [4.69, 9.17) is 11.6 Å². The molecule has 1 aliphatic carbocycles. The molecule has 0 radical (unpaired) electrons. The number of anilines is 2. The molecule has 1 aromatic heterocycles. The monoisotopic (exact) mass is 398 g/mol. The number of benzene rings is 1. The van der Waals surface area contributed by atoms with Crippen LogP contribution in [0.4, 0.5) is 11.5 Å². The van der Waals surface area contributed by atoms with Gasteiger partial charge in [0.1, 0.15) is 5.82 Å². The summed E-state index contributed by atoms with van der Waals surface area (Å²) < 4.78 is 0. The molecular weight excluding hydrogens is 376 g/mol. The first-order valence-electron chi connectivity index (χ1n) is 9.63. The molecule has 2 aromatic rings. The molecule has 28 heavy (non-hydrogen) atoms. The van der Waals surface area contributed by atoms with Crippen LogP contribution in [0.1, 0.15) is 24.8 Å². The van der Waals surface area contributed by atoms with Gasteiger partial charge in [0.2, 0.25) is 11.8 Å². The third-order valence-electron chi connectivity index (χ3n) is 5.13. The van der Waals surface area contributed by atoms with Crippen LogP contribution in [0.3, 0.4) is 0 Å². The second-order valence-electron chi connectivity index (χ2n) is 7.45. The van der Waals surface area contributed by atoms with Gasteiger partial charge in [-0.05, 0) is 49.1 Å². The van der Waals surface area contributed by atoms with Gasteiger partial charge in [-0.15, -0.1) is 0 Å². The zero-order valence-corrected chi connectivity index (χ0v) is 16.3. The van der Waals surface area contributed by atoms with Crippen molar-refractivity contribution >= 4 is 34.9 Å². The Kier molecular flexibility index (Phi) is 5.48. The van der Waals surface area contributed by atoms with Crippen molar-refractivity contribution in [1.82, 2.24) is 10.3 Å². The zero-order valence-electron chi connectivity index (χ0n) is 15.5. The molecule has 1 atom stereocenters. The van der Waals surface area contributed by atoms with E-state index < -0.39 is 0 Å². The van der Waals surface area contributed by atoms with Crippen LogP contribution in [0.5, 0.6) is 0 Å². The van der Waals surface area contributed by atoms with E-state index in [-0.39, 0.29) is 23.8 Å². The van der Waals surface area contributed by atoms with Gasteiger partial charge >= 0.3 is 0 Å². The molecule has 146 valence electrons. The average molecular weight is 399 g/mol. The normalized spacial score (nSPS) is 18.8. The SMILES string of the molecule is O=C(Cc1ccc(NC(=O)C2CC2)cc1)NC1CCN(c2ncccc2Cl)C1. The third-order valence-corrected chi connectivity index (χ3v) is 5.42. The summed E-state index contributed by atoms with van der Waals surface area (Å²) in [5.41, 5.74) is 1.70. The molecule has 1 saturated heterocycles. The lowest BCUT2D eigenvalue weighted by atomic mass is 10.1. The number of aromatic nitrogens is 1. The van der Waals surface area contributed by atoms with Crippen molar-refractivity contribution in [2.45, 2.75) is 31.7 Å². The van der Waals surface area contributed by atoms with E-state index in [1.807, 2.05) is 36.4 Å². The second kappa shape index (κ2) is 8.19. The molecule has 1 aromatic carbocycles. The van der Waals surface area contributed by atoms with Gasteiger partial charge in [-0.3, -0.25) is 9.59 Å². The summed E-state index contributed by atoms with van der Waals surface area (Å²) in [6.07, 6.45) is 4.87. The molecule has 2 N–H and O–H groups in total. The van der Waals surface area contributed by atoms with Gasteiger partial charge in [0.25, 0.3) is 0 Å². The molecule has 1 aliphatic heterocycles. The number of nitrogens with zero attached hydrogens (tertiary/aromatic N) is 2. The van der Waals surface area contributed by atoms with E-state index in [1.54, 1.807) is 6.20 Å². The molecular formula is C21H23ClN4O2. The highest BCUT2D eigenvalue weighted by atomic mass is 35.5. The highest BCUT2D eigenvalue weighted by Gasteiger charge is 2.29. The van der Waals surface area contributed by atoms with Crippen molar-refractivity contribution in [2.24, 2.45) is 5.92 Å². The lowest BCUT2D eigenvalue weighted by molar-refractivity contribution is -0.121. The van der Waals surface area contributed by atoms with Gasteiger partial charge in [0, 0.05) is 36.9 Å². The van der Waals surface area contributed by atoms with Crippen LogP contribution in [-0.2, 0) is 16.0 Å². The summed E-state index contributed by atoms with van der Waals surface area (Å²) in [5.74, 6) is 1.03. The number of hydrogen-bond acceptors (Lipinski definition) is 4. The lowest BCUT2D eigenvalue weighted by Crippen LogP contribution is -2.38. The Hall–Kier alpha value is -2.60. The Morgan fingerprint density at radius 3 is 2.64 bits per heavy atom. The molecule has 0 spiro atoms. The fraction of sp³-hybridized carbons (Fsp3) is 0.381. The van der Waals surface area contributed by atoms with Gasteiger partial charge in [-0.2, -0.15) is 0 Å². The van der Waals surface area contributed by atoms with Crippen LogP contribution in [0, 0.1) is 5.92 Å². The van der Waals surface area contributed by atoms with Crippen LogP contribution in [0.25, 0.3) is 0 Å². The molecule has 2 amide bonds. The molecule has 7 heteroatoms. The minimum absolute atomic E-state index is 0.00580. The van der Waals surface area contributed by atoms with Crippen LogP contribution >= 0.6 is 11.6 Å². The summed E-state index contributed by atoms with van der Waals surface area (Å²) in [6.45, 7) is 1.52. The standard InChI is InChI=1S/C21H23ClN4O2/c22-18-2-1-10-23-20(18)26-11-9-17(13-26)24-19(27)12-14-3-7-16(8-4-14)25-21(28)15-5-6-15/h1-4,7-8,10,15,17H,5-6,9,11-13H2,(H,24,27)(H,25,28). The van der Waals surface area contributed by atoms with E-state index >= 15 is 0 Å². The Bertz CT molecular complexity index is 867. The fourth-order valence-corrected chi connectivity index (χ4v) is 3.68. The molecule has 2 aliphatic rings. The van der Waals surface area contributed by atoms with Gasteiger partial charge in [0.15, 0.2) is 0 Å². The van der Waals surface area contributed by atoms with E-state index in [0.29, 0.717) is 18.0 Å². The van der Waals surface area contributed by atoms with Gasteiger partial charge in [-0.25, -0.2) is 4.98 Å². The second-order valence-corrected chi connectivity index (χ2v) is 7.85. The van der Waals surface area contributed by atoms with Crippen LogP contribution in [0.2, 0.25) is 5.02 Å². The quantitative estimate of drug-likeness (QED) is 0.784. The number of halogens is 1. The average Bonchev–Trinajstić information content (AvgIpc) is 3.44. The molecule has 1 unspecified atom stereocenters. The number of amides is 2. The Morgan fingerprint density at radius 1 is 1.14 bits per heavy atom. The Morgan fingerprint density at radius 2 is 1.93 bits per heavy atom. The predicted molar refractivity (Wildman–Crippen MR) is 110 cm³/mol. The Balaban J connectivity index is 1.26. The molecule has 2 fully saturated rings. The molecule has 1 saturated carbocycles. The number of carbonyl (C=O) groups excluding carboxylic acids is 2. The first-order chi connectivity index (χ1) is 13.6. The van der Waals surface area contributed by atoms with Crippen molar-refractivity contribution in [2.75, 3.05) is 23.3 Å². The van der Waals surface area contributed by atoms with Crippen molar-refractivity contribution in [3.05, 3.63) is 53.2 Å². The summed E-state index contributed by atoms with van der Waals surface area (Å²) in [5, 5.41) is 6.63. The maximum atomic E-state index is 12.4. The predicted octanol–water partition coefficient (Wildman–Crippen LogP) is 3.02. The van der Waals surface area contributed by atoms with Gasteiger partial charge < -0.3 is 15.5 Å². The number of pyridine rings is 1. The first-order valence-corrected chi connectivity index (χ1v) is 10.0. The number of nitrogens with one attached hydrogen (secondary N) is 2. The topological polar surface area (TPSA) is 74.3 Å². The van der Waals surface area contributed by atoms with Gasteiger partial charge in [0.05, 0.1) is 11.4 Å². The van der Waals surface area contributed by atoms with Crippen molar-refractivity contribution in [1.29, 1.82) is 0 Å². The van der Waals surface area contributed by atoms with Crippen molar-refractivity contribution < 1.29 is 9.59 Å². The minimum atomic E-state index is -0.00580. The van der Waals surface area contributed by atoms with E-state index in [1.165, 1.54) is 0 Å². The number of hydrogen-bond donors (Lipinski definition) is 2. The third kappa shape index (κ3) is 4.62. The van der Waals surface area contributed by atoms with Gasteiger partial charge in [-0.1, -0.05) is 23.7 Å². The highest BCUT2D eigenvalue weighted by Crippen LogP contribution is 2.30. The lowest BCUT2D eigenvalue weighted by Gasteiger charge is -2.19. The summed E-state index contributed by atoms with van der Waals surface area (Å²) in [6, 6.07) is 11.2. The smallest absolute Gasteiger partial charge is 0.227 e. The largest absolute Gasteiger partial charge is 0.353 e. The van der Waals surface area contributed by atoms with Crippen LogP contribution < -0.4 is 15.5 Å². The summed E-state index contributed by atoms with van der Waals surface area (Å²) >= 11 is 6.21. The highest BCUT2D eigenvalue weighted by molar-refractivity contribution is 6.32. The van der Waals surface area contributed by atoms with E-state index in [2.05, 4.69) is 20.5 Å². The zero-order chi connectivity index (χ0) is 19.5. The Labute approximate surface area is 169 Å². The number of rotatable bonds is 6. The molecule has 6 nitrogen and oxygen atoms in total. The number of carbonyl (C=O) groups is 2. The summed E-state index contributed by atoms with van der Waals surface area (Å²) in [4.78, 5) is 30.6. The first kappa shape index (κ1) is 18.7. The van der Waals surface area contributed by atoms with E-state index in [0.717, 1.165) is 42.9 Å². The van der Waals surface area contributed by atoms with E-state index in [9.17, 15) is 9.59 Å². The van der Waals surface area contributed by atoms with Crippen molar-refractivity contribution in [3.63, 3.8) is 0 Å². The molecule has 2 heterocycles. The maximum Gasteiger partial charge on any atom is 0.227 e. The summed E-state index contributed by atoms with van der Waals surface area (Å²) in [7, 11) is 0. The maximum absolute atomic E-state index is 12.4. The fourth-order valence-electron chi connectivity index (χ4n) is 3.44. The minimum Gasteiger partial charge on any atom is -0.353 e. The van der Waals surface area contributed by atoms with Crippen LogP contribution in [0.15, 0.2) is 42.6 Å². The van der Waals surface area contributed by atoms with Crippen molar-refractivity contribution in [3.8, 4) is 0 Å². The molecule has 0 bridgehead atoms. The van der Waals surface area contributed by atoms with Crippen LogP contribution in [-0.4, -0.2) is 35.9 Å².